The Balaban J connectivity index is 2.33. The van der Waals surface area contributed by atoms with Crippen LogP contribution in [0.25, 0.3) is 0 Å². The Bertz CT molecular complexity index is 107. The summed E-state index contributed by atoms with van der Waals surface area (Å²) in [6.45, 7) is 4.72. The molecule has 0 aromatic rings. The van der Waals surface area contributed by atoms with Crippen LogP contribution in [-0.4, -0.2) is 31.5 Å². The smallest absolute Gasteiger partial charge is 0.112 e. The molecule has 1 aliphatic rings. The molecule has 0 bridgehead atoms. The summed E-state index contributed by atoms with van der Waals surface area (Å²) in [5.41, 5.74) is -0.353. The average molecular weight is 147 g/mol. The molecule has 0 atom stereocenters. The zero-order chi connectivity index (χ0) is 7.61. The van der Waals surface area contributed by atoms with Crippen LogP contribution in [-0.2, 0) is 4.74 Å². The zero-order valence-corrected chi connectivity index (χ0v) is 6.48. The molecule has 1 saturated heterocycles. The molecule has 3 heteroatoms. The van der Waals surface area contributed by atoms with Crippen LogP contribution in [0.5, 0.6) is 0 Å². The van der Waals surface area contributed by atoms with Gasteiger partial charge in [-0.1, -0.05) is 13.8 Å². The molecular weight excluding hydrogens is 133 g/mol. The number of ether oxygens (including phenoxy) is 1. The van der Waals surface area contributed by atoms with Crippen LogP contribution in [0.15, 0.2) is 0 Å². The van der Waals surface area contributed by atoms with Crippen LogP contribution in [0.1, 0.15) is 13.8 Å². The van der Waals surface area contributed by atoms with Gasteiger partial charge in [-0.15, -0.1) is 0 Å². The minimum Gasteiger partial charge on any atom is -0.377 e. The summed E-state index contributed by atoms with van der Waals surface area (Å²) in [5, 5.41) is 3.14. The van der Waals surface area contributed by atoms with E-state index in [4.69, 9.17) is 4.74 Å². The lowest BCUT2D eigenvalue weighted by Gasteiger charge is -2.41. The second-order valence-corrected chi connectivity index (χ2v) is 3.21. The highest BCUT2D eigenvalue weighted by molar-refractivity contribution is 4.94. The van der Waals surface area contributed by atoms with Gasteiger partial charge in [-0.2, -0.15) is 0 Å². The van der Waals surface area contributed by atoms with Gasteiger partial charge in [-0.25, -0.2) is 4.39 Å². The molecule has 1 heterocycles. The number of rotatable bonds is 3. The zero-order valence-electron chi connectivity index (χ0n) is 6.48. The second kappa shape index (κ2) is 2.84. The van der Waals surface area contributed by atoms with E-state index in [1.54, 1.807) is 0 Å². The Morgan fingerprint density at radius 3 is 2.30 bits per heavy atom. The number of hydrogen-bond donors (Lipinski definition) is 1. The Hall–Kier alpha value is -0.150. The van der Waals surface area contributed by atoms with Gasteiger partial charge in [0.15, 0.2) is 0 Å². The number of nitrogens with one attached hydrogen (secondary N) is 1. The van der Waals surface area contributed by atoms with E-state index in [1.165, 1.54) is 0 Å². The Kier molecular flexibility index (Phi) is 2.26. The molecule has 0 aliphatic carbocycles. The number of alkyl halides is 1. The standard InChI is InChI=1S/C7H14FNO/c1-6(2)9-7(3-8)4-10-5-7/h6,9H,3-5H2,1-2H3. The molecule has 1 N–H and O–H groups in total. The molecule has 1 rings (SSSR count). The third-order valence-corrected chi connectivity index (χ3v) is 1.61. The molecule has 0 saturated carbocycles. The normalized spacial score (nSPS) is 22.8. The summed E-state index contributed by atoms with van der Waals surface area (Å²) in [7, 11) is 0. The molecule has 60 valence electrons. The maximum atomic E-state index is 12.3. The second-order valence-electron chi connectivity index (χ2n) is 3.21. The largest absolute Gasteiger partial charge is 0.377 e. The molecule has 2 nitrogen and oxygen atoms in total. The minimum absolute atomic E-state index is 0.328. The van der Waals surface area contributed by atoms with Crippen LogP contribution in [0, 0.1) is 0 Å². The maximum Gasteiger partial charge on any atom is 0.112 e. The highest BCUT2D eigenvalue weighted by Gasteiger charge is 2.38. The quantitative estimate of drug-likeness (QED) is 0.635. The Morgan fingerprint density at radius 2 is 2.20 bits per heavy atom. The first-order chi connectivity index (χ1) is 4.68. The third-order valence-electron chi connectivity index (χ3n) is 1.61. The molecule has 0 spiro atoms. The van der Waals surface area contributed by atoms with E-state index in [2.05, 4.69) is 5.32 Å². The van der Waals surface area contributed by atoms with E-state index in [0.29, 0.717) is 19.3 Å². The summed E-state index contributed by atoms with van der Waals surface area (Å²) in [5.74, 6) is 0. The van der Waals surface area contributed by atoms with Crippen molar-refractivity contribution in [2.24, 2.45) is 0 Å². The van der Waals surface area contributed by atoms with Gasteiger partial charge in [0, 0.05) is 6.04 Å². The predicted molar refractivity (Wildman–Crippen MR) is 37.8 cm³/mol. The van der Waals surface area contributed by atoms with Crippen molar-refractivity contribution in [1.29, 1.82) is 0 Å². The first-order valence-electron chi connectivity index (χ1n) is 3.60. The van der Waals surface area contributed by atoms with E-state index in [-0.39, 0.29) is 12.2 Å². The van der Waals surface area contributed by atoms with Gasteiger partial charge < -0.3 is 10.1 Å². The molecule has 0 radical (unpaired) electrons. The van der Waals surface area contributed by atoms with Gasteiger partial charge in [0.25, 0.3) is 0 Å². The van der Waals surface area contributed by atoms with Crippen LogP contribution >= 0.6 is 0 Å². The van der Waals surface area contributed by atoms with Gasteiger partial charge in [-0.05, 0) is 0 Å². The van der Waals surface area contributed by atoms with Gasteiger partial charge in [0.1, 0.15) is 6.67 Å². The van der Waals surface area contributed by atoms with Crippen molar-refractivity contribution in [2.45, 2.75) is 25.4 Å². The summed E-state index contributed by atoms with van der Waals surface area (Å²) in [4.78, 5) is 0. The molecule has 0 unspecified atom stereocenters. The van der Waals surface area contributed by atoms with Crippen molar-refractivity contribution in [1.82, 2.24) is 5.32 Å². The lowest BCUT2D eigenvalue weighted by atomic mass is 9.98. The van der Waals surface area contributed by atoms with Crippen molar-refractivity contribution in [2.75, 3.05) is 19.9 Å². The van der Waals surface area contributed by atoms with E-state index in [9.17, 15) is 4.39 Å². The van der Waals surface area contributed by atoms with Crippen LogP contribution in [0.3, 0.4) is 0 Å². The van der Waals surface area contributed by atoms with Crippen molar-refractivity contribution >= 4 is 0 Å². The topological polar surface area (TPSA) is 21.3 Å². The Labute approximate surface area is 60.8 Å². The first-order valence-corrected chi connectivity index (χ1v) is 3.60. The van der Waals surface area contributed by atoms with Gasteiger partial charge >= 0.3 is 0 Å². The molecular formula is C7H14FNO. The van der Waals surface area contributed by atoms with Crippen LogP contribution in [0.2, 0.25) is 0 Å². The van der Waals surface area contributed by atoms with Crippen LogP contribution < -0.4 is 5.32 Å². The monoisotopic (exact) mass is 147 g/mol. The van der Waals surface area contributed by atoms with E-state index in [0.717, 1.165) is 0 Å². The van der Waals surface area contributed by atoms with Crippen LogP contribution in [0.4, 0.5) is 4.39 Å². The first kappa shape index (κ1) is 7.95. The number of halogens is 1. The average Bonchev–Trinajstić information content (AvgIpc) is 1.78. The van der Waals surface area contributed by atoms with Crippen molar-refractivity contribution in [3.63, 3.8) is 0 Å². The molecule has 1 aliphatic heterocycles. The summed E-state index contributed by atoms with van der Waals surface area (Å²) < 4.78 is 17.2. The van der Waals surface area contributed by atoms with Gasteiger partial charge in [0.05, 0.1) is 18.8 Å². The highest BCUT2D eigenvalue weighted by atomic mass is 19.1. The van der Waals surface area contributed by atoms with Gasteiger partial charge in [0.2, 0.25) is 0 Å². The SMILES string of the molecule is CC(C)NC1(CF)COC1. The van der Waals surface area contributed by atoms with Gasteiger partial charge in [-0.3, -0.25) is 0 Å². The fourth-order valence-electron chi connectivity index (χ4n) is 1.16. The Morgan fingerprint density at radius 1 is 1.60 bits per heavy atom. The van der Waals surface area contributed by atoms with Crippen molar-refractivity contribution in [3.05, 3.63) is 0 Å². The third kappa shape index (κ3) is 1.47. The summed E-state index contributed by atoms with van der Waals surface area (Å²) in [6, 6.07) is 0.333. The minimum atomic E-state index is -0.353. The maximum absolute atomic E-state index is 12.3. The number of hydrogen-bond acceptors (Lipinski definition) is 2. The van der Waals surface area contributed by atoms with Crippen molar-refractivity contribution < 1.29 is 9.13 Å². The fourth-order valence-corrected chi connectivity index (χ4v) is 1.16. The summed E-state index contributed by atoms with van der Waals surface area (Å²) >= 11 is 0. The lowest BCUT2D eigenvalue weighted by molar-refractivity contribution is -0.0877. The predicted octanol–water partition coefficient (Wildman–Crippen LogP) is 0.723. The highest BCUT2D eigenvalue weighted by Crippen LogP contribution is 2.17. The van der Waals surface area contributed by atoms with E-state index >= 15 is 0 Å². The molecule has 0 aromatic heterocycles. The fraction of sp³-hybridized carbons (Fsp3) is 1.00. The molecule has 0 amide bonds. The summed E-state index contributed by atoms with van der Waals surface area (Å²) in [6.07, 6.45) is 0. The van der Waals surface area contributed by atoms with Crippen molar-refractivity contribution in [3.8, 4) is 0 Å². The van der Waals surface area contributed by atoms with E-state index in [1.807, 2.05) is 13.8 Å². The molecule has 0 aromatic carbocycles. The molecule has 10 heavy (non-hydrogen) atoms. The molecule has 1 fully saturated rings. The van der Waals surface area contributed by atoms with E-state index < -0.39 is 0 Å². The lowest BCUT2D eigenvalue weighted by Crippen LogP contribution is -2.63.